The lowest BCUT2D eigenvalue weighted by Crippen LogP contribution is -2.25. The van der Waals surface area contributed by atoms with Crippen LogP contribution in [-0.2, 0) is 0 Å². The van der Waals surface area contributed by atoms with Crippen LogP contribution >= 0.6 is 11.6 Å². The molecule has 4 N–H and O–H groups in total. The van der Waals surface area contributed by atoms with Crippen molar-refractivity contribution in [1.29, 1.82) is 0 Å². The molecular formula is C16H15ClF3N3O2. The van der Waals surface area contributed by atoms with Gasteiger partial charge in [-0.05, 0) is 29.8 Å². The monoisotopic (exact) mass is 373 g/mol. The lowest BCUT2D eigenvalue weighted by atomic mass is 10.1. The highest BCUT2D eigenvalue weighted by Crippen LogP contribution is 2.29. The third kappa shape index (κ3) is 6.17. The van der Waals surface area contributed by atoms with Crippen molar-refractivity contribution < 1.29 is 23.0 Å². The Labute approximate surface area is 146 Å². The lowest BCUT2D eigenvalue weighted by Gasteiger charge is -2.14. The SMILES string of the molecule is NC(=NCC(O)c1ccc(Cl)cc1)Nc1ccccc1OC(F)(F)F. The van der Waals surface area contributed by atoms with Gasteiger partial charge in [0.15, 0.2) is 11.7 Å². The van der Waals surface area contributed by atoms with Gasteiger partial charge in [-0.3, -0.25) is 4.99 Å². The first-order valence-corrected chi connectivity index (χ1v) is 7.47. The predicted octanol–water partition coefficient (Wildman–Crippen LogP) is 3.70. The molecule has 0 aliphatic rings. The summed E-state index contributed by atoms with van der Waals surface area (Å²) >= 11 is 5.76. The Morgan fingerprint density at radius 1 is 1.20 bits per heavy atom. The maximum absolute atomic E-state index is 12.4. The Bertz CT molecular complexity index is 736. The second-order valence-electron chi connectivity index (χ2n) is 4.96. The molecule has 0 saturated carbocycles. The summed E-state index contributed by atoms with van der Waals surface area (Å²) < 4.78 is 41.0. The molecule has 0 bridgehead atoms. The number of rotatable bonds is 5. The molecule has 0 aromatic heterocycles. The minimum absolute atomic E-state index is 0.00191. The van der Waals surface area contributed by atoms with Gasteiger partial charge in [-0.15, -0.1) is 13.2 Å². The van der Waals surface area contributed by atoms with E-state index >= 15 is 0 Å². The van der Waals surface area contributed by atoms with Crippen molar-refractivity contribution >= 4 is 23.2 Å². The number of aliphatic hydroxyl groups is 1. The fourth-order valence-corrected chi connectivity index (χ4v) is 2.06. The van der Waals surface area contributed by atoms with Crippen molar-refractivity contribution in [3.05, 3.63) is 59.1 Å². The number of nitrogens with one attached hydrogen (secondary N) is 1. The topological polar surface area (TPSA) is 79.9 Å². The van der Waals surface area contributed by atoms with Crippen LogP contribution in [-0.4, -0.2) is 24.0 Å². The van der Waals surface area contributed by atoms with Gasteiger partial charge in [0.05, 0.1) is 18.3 Å². The van der Waals surface area contributed by atoms with Gasteiger partial charge < -0.3 is 20.9 Å². The summed E-state index contributed by atoms with van der Waals surface area (Å²) in [5.74, 6) is -0.599. The van der Waals surface area contributed by atoms with E-state index in [9.17, 15) is 18.3 Å². The summed E-state index contributed by atoms with van der Waals surface area (Å²) in [6, 6.07) is 11.9. The largest absolute Gasteiger partial charge is 0.573 e. The quantitative estimate of drug-likeness (QED) is 0.551. The predicted molar refractivity (Wildman–Crippen MR) is 89.6 cm³/mol. The van der Waals surface area contributed by atoms with Gasteiger partial charge in [0.2, 0.25) is 0 Å². The molecule has 0 spiro atoms. The molecule has 2 aromatic carbocycles. The van der Waals surface area contributed by atoms with Crippen molar-refractivity contribution in [3.8, 4) is 5.75 Å². The molecule has 1 atom stereocenters. The lowest BCUT2D eigenvalue weighted by molar-refractivity contribution is -0.274. The summed E-state index contributed by atoms with van der Waals surface area (Å²) in [7, 11) is 0. The Hall–Kier alpha value is -2.45. The number of hydrogen-bond acceptors (Lipinski definition) is 3. The van der Waals surface area contributed by atoms with Crippen molar-refractivity contribution in [1.82, 2.24) is 0 Å². The smallest absolute Gasteiger partial charge is 0.404 e. The van der Waals surface area contributed by atoms with Crippen LogP contribution in [0.1, 0.15) is 11.7 Å². The van der Waals surface area contributed by atoms with Crippen LogP contribution in [0.25, 0.3) is 0 Å². The second kappa shape index (κ2) is 8.09. The summed E-state index contributed by atoms with van der Waals surface area (Å²) in [5.41, 5.74) is 6.25. The first-order valence-electron chi connectivity index (χ1n) is 7.10. The van der Waals surface area contributed by atoms with E-state index in [2.05, 4.69) is 15.0 Å². The van der Waals surface area contributed by atoms with Crippen LogP contribution < -0.4 is 15.8 Å². The molecule has 0 saturated heterocycles. The fraction of sp³-hybridized carbons (Fsp3) is 0.188. The molecule has 25 heavy (non-hydrogen) atoms. The van der Waals surface area contributed by atoms with E-state index in [1.165, 1.54) is 18.2 Å². The number of para-hydroxylation sites is 2. The normalized spacial score (nSPS) is 13.4. The van der Waals surface area contributed by atoms with E-state index in [4.69, 9.17) is 17.3 Å². The molecule has 5 nitrogen and oxygen atoms in total. The van der Waals surface area contributed by atoms with Crippen LogP contribution in [0.4, 0.5) is 18.9 Å². The zero-order valence-corrected chi connectivity index (χ0v) is 13.6. The molecule has 9 heteroatoms. The first kappa shape index (κ1) is 18.9. The molecule has 0 fully saturated rings. The molecule has 0 aliphatic heterocycles. The van der Waals surface area contributed by atoms with Gasteiger partial charge in [0.25, 0.3) is 0 Å². The van der Waals surface area contributed by atoms with Crippen LogP contribution in [0.2, 0.25) is 5.02 Å². The molecule has 0 amide bonds. The summed E-state index contributed by atoms with van der Waals surface area (Å²) in [5, 5.41) is 13.1. The highest BCUT2D eigenvalue weighted by molar-refractivity contribution is 6.30. The summed E-state index contributed by atoms with van der Waals surface area (Å²) in [4.78, 5) is 3.92. The third-order valence-corrected chi connectivity index (χ3v) is 3.32. The first-order chi connectivity index (χ1) is 11.7. The van der Waals surface area contributed by atoms with Crippen LogP contribution in [0.3, 0.4) is 0 Å². The number of aliphatic hydroxyl groups excluding tert-OH is 1. The second-order valence-corrected chi connectivity index (χ2v) is 5.40. The van der Waals surface area contributed by atoms with E-state index in [0.29, 0.717) is 10.6 Å². The maximum atomic E-state index is 12.4. The van der Waals surface area contributed by atoms with Crippen molar-refractivity contribution in [3.63, 3.8) is 0 Å². The van der Waals surface area contributed by atoms with Crippen LogP contribution in [0.15, 0.2) is 53.5 Å². The minimum atomic E-state index is -4.82. The number of guanidine groups is 1. The highest BCUT2D eigenvalue weighted by Gasteiger charge is 2.32. The number of halogens is 4. The fourth-order valence-electron chi connectivity index (χ4n) is 1.94. The van der Waals surface area contributed by atoms with E-state index in [1.54, 1.807) is 24.3 Å². The zero-order valence-electron chi connectivity index (χ0n) is 12.8. The standard InChI is InChI=1S/C16H15ClF3N3O2/c17-11-7-5-10(6-8-11)13(24)9-22-15(21)23-12-3-1-2-4-14(12)25-16(18,19)20/h1-8,13,24H,9H2,(H3,21,22,23). The third-order valence-electron chi connectivity index (χ3n) is 3.06. The molecule has 134 valence electrons. The highest BCUT2D eigenvalue weighted by atomic mass is 35.5. The Morgan fingerprint density at radius 2 is 1.84 bits per heavy atom. The van der Waals surface area contributed by atoms with Gasteiger partial charge in [-0.1, -0.05) is 35.9 Å². The van der Waals surface area contributed by atoms with Gasteiger partial charge in [0, 0.05) is 5.02 Å². The average Bonchev–Trinajstić information content (AvgIpc) is 2.54. The average molecular weight is 374 g/mol. The van der Waals surface area contributed by atoms with Gasteiger partial charge >= 0.3 is 6.36 Å². The Balaban J connectivity index is 2.03. The molecule has 2 aromatic rings. The summed E-state index contributed by atoms with van der Waals surface area (Å²) in [6.07, 6.45) is -5.76. The number of nitrogens with zero attached hydrogens (tertiary/aromatic N) is 1. The van der Waals surface area contributed by atoms with E-state index in [1.807, 2.05) is 0 Å². The zero-order chi connectivity index (χ0) is 18.4. The van der Waals surface area contributed by atoms with Gasteiger partial charge in [-0.25, -0.2) is 0 Å². The van der Waals surface area contributed by atoms with Gasteiger partial charge in [-0.2, -0.15) is 0 Å². The number of hydrogen-bond donors (Lipinski definition) is 3. The Morgan fingerprint density at radius 3 is 2.48 bits per heavy atom. The molecule has 0 radical (unpaired) electrons. The molecule has 0 heterocycles. The molecule has 0 aliphatic carbocycles. The van der Waals surface area contributed by atoms with Gasteiger partial charge in [0.1, 0.15) is 0 Å². The number of aliphatic imine (C=N–C) groups is 1. The van der Waals surface area contributed by atoms with Crippen molar-refractivity contribution in [2.24, 2.45) is 10.7 Å². The number of nitrogens with two attached hydrogens (primary N) is 1. The minimum Gasteiger partial charge on any atom is -0.404 e. The summed E-state index contributed by atoms with van der Waals surface area (Å²) in [6.45, 7) is -0.0806. The van der Waals surface area contributed by atoms with E-state index < -0.39 is 18.2 Å². The molecular weight excluding hydrogens is 359 g/mol. The van der Waals surface area contributed by atoms with Crippen molar-refractivity contribution in [2.45, 2.75) is 12.5 Å². The van der Waals surface area contributed by atoms with Crippen molar-refractivity contribution in [2.75, 3.05) is 11.9 Å². The maximum Gasteiger partial charge on any atom is 0.573 e. The number of anilines is 1. The molecule has 1 unspecified atom stereocenters. The van der Waals surface area contributed by atoms with E-state index in [0.717, 1.165) is 6.07 Å². The number of alkyl halides is 3. The number of benzene rings is 2. The van der Waals surface area contributed by atoms with Crippen LogP contribution in [0, 0.1) is 0 Å². The molecule has 2 rings (SSSR count). The van der Waals surface area contributed by atoms with Crippen LogP contribution in [0.5, 0.6) is 5.75 Å². The number of ether oxygens (including phenoxy) is 1. The Kier molecular flexibility index (Phi) is 6.11. The van der Waals surface area contributed by atoms with E-state index in [-0.39, 0.29) is 18.2 Å².